The molecule has 0 saturated carbocycles. The van der Waals surface area contributed by atoms with Gasteiger partial charge in [0.2, 0.25) is 0 Å². The molecule has 0 saturated heterocycles. The summed E-state index contributed by atoms with van der Waals surface area (Å²) >= 11 is 0. The molecule has 0 aliphatic heterocycles. The Labute approximate surface area is 193 Å². The molecule has 152 valence electrons. The van der Waals surface area contributed by atoms with Crippen LogP contribution >= 0.6 is 0 Å². The molecule has 0 aliphatic rings. The van der Waals surface area contributed by atoms with Gasteiger partial charge in [-0.25, -0.2) is 14.4 Å². The number of carbonyl (C=O) groups is 3. The number of rotatable bonds is 8. The van der Waals surface area contributed by atoms with E-state index >= 15 is 0 Å². The van der Waals surface area contributed by atoms with Crippen LogP contribution in [0.1, 0.15) is 59.1 Å². The minimum atomic E-state index is -1.83. The van der Waals surface area contributed by atoms with Gasteiger partial charge in [-0.3, -0.25) is 0 Å². The largest absolute Gasteiger partial charge is 2.00 e. The van der Waals surface area contributed by atoms with Crippen LogP contribution in [0.3, 0.4) is 0 Å². The Hall–Kier alpha value is -0.658. The molecule has 0 radical (unpaired) electrons. The molecule has 0 aromatic heterocycles. The number of carboxylic acid groups (broad SMARTS) is 2. The molecule has 0 unspecified atom stereocenters. The molecule has 26 heavy (non-hydrogen) atoms. The maximum Gasteiger partial charge on any atom is 2.00 e. The van der Waals surface area contributed by atoms with Crippen LogP contribution in [-0.4, -0.2) is 101 Å². The van der Waals surface area contributed by atoms with Crippen LogP contribution in [-0.2, 0) is 18.9 Å². The van der Waals surface area contributed by atoms with Gasteiger partial charge in [0.15, 0.2) is 0 Å². The van der Waals surface area contributed by atoms with Crippen molar-refractivity contribution in [2.24, 2.45) is 0 Å². The molecule has 2 N–H and O–H groups in total. The van der Waals surface area contributed by atoms with E-state index in [2.05, 4.69) is 18.9 Å². The topological polar surface area (TPSA) is 129 Å². The second-order valence-electron chi connectivity index (χ2n) is 4.18. The van der Waals surface area contributed by atoms with Gasteiger partial charge in [-0.2, -0.15) is 0 Å². The minimum Gasteiger partial charge on any atom is -1.00 e. The van der Waals surface area contributed by atoms with E-state index in [0.717, 1.165) is 25.7 Å². The van der Waals surface area contributed by atoms with Gasteiger partial charge in [-0.1, -0.05) is 27.7 Å². The molecule has 11 heteroatoms. The molecule has 0 aromatic rings. The molecule has 0 heterocycles. The Bertz CT molecular complexity index is 284. The van der Waals surface area contributed by atoms with E-state index in [4.69, 9.17) is 15.0 Å². The monoisotopic (exact) mass is 406 g/mol. The first-order valence-electron chi connectivity index (χ1n) is 7.86. The van der Waals surface area contributed by atoms with Crippen LogP contribution in [0.5, 0.6) is 0 Å². The molecule has 0 fully saturated rings. The average molecular weight is 407 g/mol. The van der Waals surface area contributed by atoms with Crippen molar-refractivity contribution in [1.29, 1.82) is 0 Å². The summed E-state index contributed by atoms with van der Waals surface area (Å²) in [6.45, 7) is 9.54. The van der Waals surface area contributed by atoms with Gasteiger partial charge in [-0.15, -0.1) is 0 Å². The fraction of sp³-hybridized carbons (Fsp3) is 0.800. The van der Waals surface area contributed by atoms with E-state index in [1.54, 1.807) is 0 Å². The first-order valence-corrected chi connectivity index (χ1v) is 7.86. The SMILES string of the molecule is CCCOC(=O)OCCC.CCCOC(=O)OCCC.O=C(O)O.[H-].[H-].[H-].[H-].[Mg+2].[Mg+2]. The summed E-state index contributed by atoms with van der Waals surface area (Å²) in [7, 11) is 0. The van der Waals surface area contributed by atoms with Crippen LogP contribution in [0.2, 0.25) is 0 Å². The van der Waals surface area contributed by atoms with Crippen LogP contribution in [0.25, 0.3) is 0 Å². The molecule has 0 amide bonds. The average Bonchev–Trinajstić information content (AvgIpc) is 2.54. The van der Waals surface area contributed by atoms with Gasteiger partial charge in [0, 0.05) is 0 Å². The normalized spacial score (nSPS) is 7.85. The fourth-order valence-electron chi connectivity index (χ4n) is 0.825. The summed E-state index contributed by atoms with van der Waals surface area (Å²) in [5.74, 6) is 0. The van der Waals surface area contributed by atoms with Gasteiger partial charge >= 0.3 is 64.6 Å². The standard InChI is InChI=1S/2C7H14O3.CH2O3.2Mg.4H/c2*1-3-5-9-7(8)10-6-4-2;2-1(3)4;;;;;;/h2*3-6H2,1-2H3;(H2,2,3,4);;;;;;/q;;;2*+2;4*-1. The summed E-state index contributed by atoms with van der Waals surface area (Å²) in [6, 6.07) is 0. The molecule has 0 rings (SSSR count). The van der Waals surface area contributed by atoms with Crippen molar-refractivity contribution in [2.75, 3.05) is 26.4 Å². The van der Waals surface area contributed by atoms with Crippen LogP contribution in [0.4, 0.5) is 14.4 Å². The second kappa shape index (κ2) is 32.1. The smallest absolute Gasteiger partial charge is 1.00 e. The van der Waals surface area contributed by atoms with Crippen molar-refractivity contribution in [1.82, 2.24) is 0 Å². The van der Waals surface area contributed by atoms with Crippen molar-refractivity contribution < 1.29 is 49.3 Å². The van der Waals surface area contributed by atoms with Crippen LogP contribution in [0.15, 0.2) is 0 Å². The number of ether oxygens (including phenoxy) is 4. The maximum atomic E-state index is 10.5. The fourth-order valence-corrected chi connectivity index (χ4v) is 0.825. The molecule has 0 aromatic carbocycles. The molecular formula is C15H34Mg2O9. The first kappa shape index (κ1) is 36.3. The number of hydrogen-bond donors (Lipinski definition) is 2. The number of carbonyl (C=O) groups excluding carboxylic acids is 2. The van der Waals surface area contributed by atoms with E-state index in [0.29, 0.717) is 26.4 Å². The summed E-state index contributed by atoms with van der Waals surface area (Å²) in [5, 5.41) is 13.9. The van der Waals surface area contributed by atoms with Crippen molar-refractivity contribution in [3.05, 3.63) is 0 Å². The van der Waals surface area contributed by atoms with E-state index < -0.39 is 18.5 Å². The van der Waals surface area contributed by atoms with E-state index in [1.165, 1.54) is 0 Å². The third-order valence-corrected chi connectivity index (χ3v) is 1.70. The van der Waals surface area contributed by atoms with Gasteiger partial charge in [0.1, 0.15) is 0 Å². The van der Waals surface area contributed by atoms with Crippen LogP contribution < -0.4 is 0 Å². The zero-order valence-corrected chi connectivity index (χ0v) is 19.2. The molecule has 0 bridgehead atoms. The van der Waals surface area contributed by atoms with Crippen molar-refractivity contribution in [2.45, 2.75) is 53.4 Å². The quantitative estimate of drug-likeness (QED) is 0.456. The Morgan fingerprint density at radius 3 is 0.885 bits per heavy atom. The third-order valence-electron chi connectivity index (χ3n) is 1.70. The van der Waals surface area contributed by atoms with Crippen molar-refractivity contribution >= 4 is 64.6 Å². The minimum absolute atomic E-state index is 0. The molecular weight excluding hydrogens is 373 g/mol. The number of hydrogen-bond acceptors (Lipinski definition) is 7. The Morgan fingerprint density at radius 1 is 0.615 bits per heavy atom. The van der Waals surface area contributed by atoms with Crippen LogP contribution in [0, 0.1) is 0 Å². The second-order valence-corrected chi connectivity index (χ2v) is 4.18. The molecule has 0 aliphatic carbocycles. The first-order chi connectivity index (χ1) is 11.3. The Kier molecular flexibility index (Phi) is 44.7. The zero-order valence-electron chi connectivity index (χ0n) is 20.3. The van der Waals surface area contributed by atoms with Gasteiger partial charge in [0.25, 0.3) is 0 Å². The predicted molar refractivity (Wildman–Crippen MR) is 102 cm³/mol. The van der Waals surface area contributed by atoms with Crippen molar-refractivity contribution in [3.8, 4) is 0 Å². The van der Waals surface area contributed by atoms with E-state index in [1.807, 2.05) is 27.7 Å². The predicted octanol–water partition coefficient (Wildman–Crippen LogP) is 3.83. The van der Waals surface area contributed by atoms with Crippen molar-refractivity contribution in [3.63, 3.8) is 0 Å². The van der Waals surface area contributed by atoms with Gasteiger partial charge < -0.3 is 34.9 Å². The Morgan fingerprint density at radius 2 is 0.769 bits per heavy atom. The molecule has 0 spiro atoms. The summed E-state index contributed by atoms with van der Waals surface area (Å²) in [4.78, 5) is 29.6. The Balaban J connectivity index is -0.0000000305. The summed E-state index contributed by atoms with van der Waals surface area (Å²) in [6.07, 6.45) is 0.401. The van der Waals surface area contributed by atoms with E-state index in [-0.39, 0.29) is 51.8 Å². The molecule has 9 nitrogen and oxygen atoms in total. The van der Waals surface area contributed by atoms with Gasteiger partial charge in [0.05, 0.1) is 26.4 Å². The van der Waals surface area contributed by atoms with E-state index in [9.17, 15) is 9.59 Å². The maximum absolute atomic E-state index is 10.5. The summed E-state index contributed by atoms with van der Waals surface area (Å²) < 4.78 is 18.5. The van der Waals surface area contributed by atoms with Gasteiger partial charge in [-0.05, 0) is 25.7 Å². The third kappa shape index (κ3) is 49.5. The molecule has 0 atom stereocenters. The summed E-state index contributed by atoms with van der Waals surface area (Å²) in [5.41, 5.74) is 0. The zero-order chi connectivity index (χ0) is 19.2.